The van der Waals surface area contributed by atoms with Crippen LogP contribution < -0.4 is 5.73 Å². The quantitative estimate of drug-likeness (QED) is 0.864. The van der Waals surface area contributed by atoms with Gasteiger partial charge in [-0.3, -0.25) is 4.79 Å². The first-order chi connectivity index (χ1) is 10.1. The van der Waals surface area contributed by atoms with Gasteiger partial charge in [0.2, 0.25) is 5.91 Å². The molecule has 0 spiro atoms. The highest BCUT2D eigenvalue weighted by Gasteiger charge is 2.25. The number of anilines is 1. The van der Waals surface area contributed by atoms with E-state index in [0.29, 0.717) is 12.5 Å². The fourth-order valence-corrected chi connectivity index (χ4v) is 3.07. The number of likely N-dealkylation sites (N-methyl/N-ethyl adjacent to an activating group) is 1. The molecule has 116 valence electrons. The number of carbonyl (C=O) groups is 1. The molecule has 1 amide bonds. The Balaban J connectivity index is 1.96. The molecule has 2 rings (SSSR count). The predicted octanol–water partition coefficient (Wildman–Crippen LogP) is 2.14. The van der Waals surface area contributed by atoms with Gasteiger partial charge in [0.1, 0.15) is 0 Å². The third-order valence-corrected chi connectivity index (χ3v) is 4.36. The Morgan fingerprint density at radius 3 is 2.81 bits per heavy atom. The lowest BCUT2D eigenvalue weighted by atomic mass is 10.1. The maximum absolute atomic E-state index is 12.6. The van der Waals surface area contributed by atoms with Crippen LogP contribution >= 0.6 is 0 Å². The van der Waals surface area contributed by atoms with Crippen molar-refractivity contribution in [3.8, 4) is 0 Å². The van der Waals surface area contributed by atoms with Crippen molar-refractivity contribution in [1.29, 1.82) is 0 Å². The number of carbonyl (C=O) groups excluding carboxylic acids is 1. The van der Waals surface area contributed by atoms with Crippen LogP contribution in [0.15, 0.2) is 24.3 Å². The van der Waals surface area contributed by atoms with Gasteiger partial charge in [-0.25, -0.2) is 0 Å². The molecule has 1 atom stereocenters. The fraction of sp³-hybridized carbons (Fsp3) is 0.588. The van der Waals surface area contributed by atoms with Gasteiger partial charge in [-0.2, -0.15) is 0 Å². The zero-order chi connectivity index (χ0) is 15.2. The van der Waals surface area contributed by atoms with Gasteiger partial charge in [-0.05, 0) is 44.5 Å². The first-order valence-corrected chi connectivity index (χ1v) is 7.93. The van der Waals surface area contributed by atoms with Crippen molar-refractivity contribution in [3.63, 3.8) is 0 Å². The van der Waals surface area contributed by atoms with Gasteiger partial charge in [0.05, 0.1) is 0 Å². The number of amides is 1. The van der Waals surface area contributed by atoms with E-state index in [1.165, 1.54) is 0 Å². The molecule has 4 nitrogen and oxygen atoms in total. The summed E-state index contributed by atoms with van der Waals surface area (Å²) < 4.78 is 0. The molecular weight excluding hydrogens is 262 g/mol. The molecule has 1 fully saturated rings. The van der Waals surface area contributed by atoms with Crippen molar-refractivity contribution in [2.45, 2.75) is 38.6 Å². The Bertz CT molecular complexity index is 475. The maximum Gasteiger partial charge on any atom is 0.223 e. The molecule has 1 aromatic rings. The highest BCUT2D eigenvalue weighted by molar-refractivity contribution is 5.77. The van der Waals surface area contributed by atoms with E-state index in [-0.39, 0.29) is 5.91 Å². The SMILES string of the molecule is CCC1CN(C)CCCN1C(=O)CCc1ccccc1N. The summed E-state index contributed by atoms with van der Waals surface area (Å²) in [5.41, 5.74) is 7.81. The highest BCUT2D eigenvalue weighted by atomic mass is 16.2. The molecule has 1 unspecified atom stereocenters. The summed E-state index contributed by atoms with van der Waals surface area (Å²) in [6.45, 7) is 5.10. The van der Waals surface area contributed by atoms with E-state index in [0.717, 1.165) is 50.1 Å². The Morgan fingerprint density at radius 2 is 2.10 bits per heavy atom. The summed E-state index contributed by atoms with van der Waals surface area (Å²) in [4.78, 5) is 17.0. The molecule has 1 heterocycles. The van der Waals surface area contributed by atoms with Crippen LogP contribution in [0.4, 0.5) is 5.69 Å². The predicted molar refractivity (Wildman–Crippen MR) is 87.1 cm³/mol. The standard InChI is InChI=1S/C17H27N3O/c1-3-15-13-19(2)11-6-12-20(15)17(21)10-9-14-7-4-5-8-16(14)18/h4-5,7-8,15H,3,6,9-13,18H2,1-2H3. The van der Waals surface area contributed by atoms with Crippen molar-refractivity contribution in [2.75, 3.05) is 32.4 Å². The minimum absolute atomic E-state index is 0.264. The van der Waals surface area contributed by atoms with Crippen molar-refractivity contribution in [1.82, 2.24) is 9.80 Å². The average Bonchev–Trinajstić information content (AvgIpc) is 2.67. The minimum Gasteiger partial charge on any atom is -0.399 e. The normalized spacial score (nSPS) is 20.3. The van der Waals surface area contributed by atoms with Crippen molar-refractivity contribution < 1.29 is 4.79 Å². The molecule has 1 aromatic carbocycles. The van der Waals surface area contributed by atoms with Gasteiger partial charge in [0.15, 0.2) is 0 Å². The van der Waals surface area contributed by atoms with Gasteiger partial charge >= 0.3 is 0 Å². The largest absolute Gasteiger partial charge is 0.399 e. The Kier molecular flexibility index (Phi) is 5.62. The third kappa shape index (κ3) is 4.21. The molecule has 21 heavy (non-hydrogen) atoms. The number of para-hydroxylation sites is 1. The Hall–Kier alpha value is -1.55. The number of benzene rings is 1. The second kappa shape index (κ2) is 7.46. The summed E-state index contributed by atoms with van der Waals surface area (Å²) in [6.07, 6.45) is 3.36. The summed E-state index contributed by atoms with van der Waals surface area (Å²) in [6, 6.07) is 8.16. The third-order valence-electron chi connectivity index (χ3n) is 4.36. The van der Waals surface area contributed by atoms with Crippen molar-refractivity contribution >= 4 is 11.6 Å². The lowest BCUT2D eigenvalue weighted by molar-refractivity contribution is -0.133. The Morgan fingerprint density at radius 1 is 1.33 bits per heavy atom. The zero-order valence-electron chi connectivity index (χ0n) is 13.2. The smallest absolute Gasteiger partial charge is 0.223 e. The summed E-state index contributed by atoms with van der Waals surface area (Å²) in [7, 11) is 2.14. The van der Waals surface area contributed by atoms with Crippen LogP contribution in [0.2, 0.25) is 0 Å². The van der Waals surface area contributed by atoms with Gasteiger partial charge in [-0.15, -0.1) is 0 Å². The monoisotopic (exact) mass is 289 g/mol. The van der Waals surface area contributed by atoms with Crippen LogP contribution in [0.5, 0.6) is 0 Å². The molecular formula is C17H27N3O. The topological polar surface area (TPSA) is 49.6 Å². The van der Waals surface area contributed by atoms with E-state index >= 15 is 0 Å². The fourth-order valence-electron chi connectivity index (χ4n) is 3.07. The van der Waals surface area contributed by atoms with Crippen LogP contribution in [-0.4, -0.2) is 48.4 Å². The number of hydrogen-bond acceptors (Lipinski definition) is 3. The van der Waals surface area contributed by atoms with Crippen LogP contribution in [0.1, 0.15) is 31.7 Å². The second-order valence-electron chi connectivity index (χ2n) is 5.96. The first kappa shape index (κ1) is 15.8. The molecule has 1 aliphatic heterocycles. The Labute approximate surface area is 127 Å². The van der Waals surface area contributed by atoms with E-state index in [2.05, 4.69) is 23.8 Å². The van der Waals surface area contributed by atoms with E-state index < -0.39 is 0 Å². The van der Waals surface area contributed by atoms with E-state index in [9.17, 15) is 4.79 Å². The number of nitrogens with zero attached hydrogens (tertiary/aromatic N) is 2. The van der Waals surface area contributed by atoms with Gasteiger partial charge in [-0.1, -0.05) is 25.1 Å². The number of aryl methyl sites for hydroxylation is 1. The van der Waals surface area contributed by atoms with Gasteiger partial charge in [0, 0.05) is 31.2 Å². The lowest BCUT2D eigenvalue weighted by Gasteiger charge is -2.30. The summed E-state index contributed by atoms with van der Waals surface area (Å²) >= 11 is 0. The number of nitrogen functional groups attached to an aromatic ring is 1. The molecule has 0 bridgehead atoms. The molecule has 2 N–H and O–H groups in total. The minimum atomic E-state index is 0.264. The molecule has 1 saturated heterocycles. The van der Waals surface area contributed by atoms with Gasteiger partial charge < -0.3 is 15.5 Å². The average molecular weight is 289 g/mol. The van der Waals surface area contributed by atoms with Gasteiger partial charge in [0.25, 0.3) is 0 Å². The van der Waals surface area contributed by atoms with Crippen molar-refractivity contribution in [2.24, 2.45) is 0 Å². The lowest BCUT2D eigenvalue weighted by Crippen LogP contribution is -2.43. The number of rotatable bonds is 4. The van der Waals surface area contributed by atoms with E-state index in [1.807, 2.05) is 24.3 Å². The van der Waals surface area contributed by atoms with Crippen LogP contribution in [-0.2, 0) is 11.2 Å². The summed E-state index contributed by atoms with van der Waals surface area (Å²) in [5, 5.41) is 0. The molecule has 1 aliphatic rings. The van der Waals surface area contributed by atoms with Crippen LogP contribution in [0.25, 0.3) is 0 Å². The van der Waals surface area contributed by atoms with Crippen LogP contribution in [0.3, 0.4) is 0 Å². The van der Waals surface area contributed by atoms with Crippen molar-refractivity contribution in [3.05, 3.63) is 29.8 Å². The molecule has 0 aromatic heterocycles. The maximum atomic E-state index is 12.6. The number of hydrogen-bond donors (Lipinski definition) is 1. The highest BCUT2D eigenvalue weighted by Crippen LogP contribution is 2.17. The number of nitrogens with two attached hydrogens (primary N) is 1. The first-order valence-electron chi connectivity index (χ1n) is 7.93. The van der Waals surface area contributed by atoms with Crippen LogP contribution in [0, 0.1) is 0 Å². The van der Waals surface area contributed by atoms with E-state index in [1.54, 1.807) is 0 Å². The molecule has 0 saturated carbocycles. The molecule has 0 radical (unpaired) electrons. The molecule has 0 aliphatic carbocycles. The summed E-state index contributed by atoms with van der Waals surface area (Å²) in [5.74, 6) is 0.264. The zero-order valence-corrected chi connectivity index (χ0v) is 13.2. The molecule has 4 heteroatoms. The second-order valence-corrected chi connectivity index (χ2v) is 5.96. The van der Waals surface area contributed by atoms with E-state index in [4.69, 9.17) is 5.73 Å².